The third-order valence-electron chi connectivity index (χ3n) is 9.33. The van der Waals surface area contributed by atoms with Gasteiger partial charge < -0.3 is 14.4 Å². The number of aromatic nitrogens is 2. The maximum Gasteiger partial charge on any atom is 0.262 e. The van der Waals surface area contributed by atoms with Crippen LogP contribution < -0.4 is 14.4 Å². The van der Waals surface area contributed by atoms with Crippen LogP contribution >= 0.6 is 11.6 Å². The first kappa shape index (κ1) is 36.7. The number of carbonyl (C=O) groups excluding carboxylic acids is 1. The van der Waals surface area contributed by atoms with Gasteiger partial charge in [0.1, 0.15) is 24.7 Å². The Labute approximate surface area is 318 Å². The number of rotatable bonds is 13. The lowest BCUT2D eigenvalue weighted by Crippen LogP contribution is -2.31. The van der Waals surface area contributed by atoms with E-state index in [1.54, 1.807) is 34.2 Å². The molecule has 0 radical (unpaired) electrons. The van der Waals surface area contributed by atoms with Crippen molar-refractivity contribution < 1.29 is 23.0 Å². The van der Waals surface area contributed by atoms with Gasteiger partial charge in [-0.2, -0.15) is 0 Å². The summed E-state index contributed by atoms with van der Waals surface area (Å²) in [4.78, 5) is 26.7. The number of hydrogen-bond donors (Lipinski definition) is 0. The third kappa shape index (κ3) is 9.28. The smallest absolute Gasteiger partial charge is 0.262 e. The Hall–Kier alpha value is -5.64. The zero-order valence-corrected chi connectivity index (χ0v) is 30.6. The quantitative estimate of drug-likeness (QED) is 0.110. The van der Waals surface area contributed by atoms with Gasteiger partial charge in [0.15, 0.2) is 0 Å². The van der Waals surface area contributed by atoms with E-state index in [4.69, 9.17) is 21.1 Å². The molecule has 10 heteroatoms. The van der Waals surface area contributed by atoms with Gasteiger partial charge in [-0.3, -0.25) is 9.69 Å². The van der Waals surface area contributed by atoms with Crippen molar-refractivity contribution in [2.75, 3.05) is 18.0 Å². The van der Waals surface area contributed by atoms with E-state index in [0.717, 1.165) is 33.4 Å². The van der Waals surface area contributed by atoms with Crippen molar-refractivity contribution in [1.29, 1.82) is 0 Å². The molecule has 54 heavy (non-hydrogen) atoms. The fourth-order valence-corrected chi connectivity index (χ4v) is 6.57. The monoisotopic (exact) mass is 744 g/mol. The molecule has 0 N–H and O–H groups in total. The first-order chi connectivity index (χ1) is 26.2. The average Bonchev–Trinajstić information content (AvgIpc) is 3.54. The summed E-state index contributed by atoms with van der Waals surface area (Å²) in [6.07, 6.45) is 1.56. The molecule has 0 atom stereocenters. The van der Waals surface area contributed by atoms with E-state index in [9.17, 15) is 13.6 Å². The Morgan fingerprint density at radius 1 is 0.815 bits per heavy atom. The molecule has 7 nitrogen and oxygen atoms in total. The fourth-order valence-electron chi connectivity index (χ4n) is 6.44. The van der Waals surface area contributed by atoms with E-state index in [2.05, 4.69) is 9.97 Å². The van der Waals surface area contributed by atoms with Gasteiger partial charge in [-0.05, 0) is 70.6 Å². The summed E-state index contributed by atoms with van der Waals surface area (Å²) in [6, 6.07) is 40.2. The molecule has 1 aromatic heterocycles. The number of amides is 1. The standard InChI is InChI=1S/C44H39ClF2N4O3/c1-31-25-48-43(45)49-41(31)36-16-18-37(19-17-36)51(27-33-14-12-32(13-15-33)26-50-23-22-44(46,47)30-50)42(52)39-21-20-38(53-28-34-8-4-2-5-9-34)24-40(39)54-29-35-10-6-3-7-11-35/h2-21,24-25H,22-23,26-30H2,1H3. The largest absolute Gasteiger partial charge is 0.489 e. The van der Waals surface area contributed by atoms with Crippen LogP contribution in [0, 0.1) is 6.92 Å². The van der Waals surface area contributed by atoms with Crippen LogP contribution in [0.4, 0.5) is 14.5 Å². The van der Waals surface area contributed by atoms with E-state index in [1.165, 1.54) is 0 Å². The van der Waals surface area contributed by atoms with Gasteiger partial charge >= 0.3 is 0 Å². The summed E-state index contributed by atoms with van der Waals surface area (Å²) in [5, 5.41) is 0.151. The lowest BCUT2D eigenvalue weighted by molar-refractivity contribution is 0.0115. The van der Waals surface area contributed by atoms with E-state index in [1.807, 2.05) is 116 Å². The molecule has 1 amide bonds. The molecule has 1 saturated heterocycles. The Bertz CT molecular complexity index is 2190. The fraction of sp³-hybridized carbons (Fsp3) is 0.205. The second-order valence-corrected chi connectivity index (χ2v) is 13.8. The number of nitrogens with zero attached hydrogens (tertiary/aromatic N) is 4. The van der Waals surface area contributed by atoms with Crippen molar-refractivity contribution in [2.45, 2.75) is 45.6 Å². The molecular formula is C44H39ClF2N4O3. The number of hydrogen-bond acceptors (Lipinski definition) is 6. The Morgan fingerprint density at radius 3 is 2.11 bits per heavy atom. The molecule has 274 valence electrons. The molecule has 0 spiro atoms. The summed E-state index contributed by atoms with van der Waals surface area (Å²) in [5.74, 6) is -1.96. The molecule has 5 aromatic carbocycles. The Morgan fingerprint density at radius 2 is 1.46 bits per heavy atom. The minimum atomic E-state index is -2.65. The number of carbonyl (C=O) groups is 1. The van der Waals surface area contributed by atoms with Crippen LogP contribution in [-0.2, 0) is 26.3 Å². The molecule has 7 rings (SSSR count). The van der Waals surface area contributed by atoms with Gasteiger partial charge in [0.05, 0.1) is 24.3 Å². The van der Waals surface area contributed by atoms with Crippen molar-refractivity contribution in [3.05, 3.63) is 172 Å². The number of alkyl halides is 2. The Kier molecular flexibility index (Phi) is 11.3. The van der Waals surface area contributed by atoms with Gasteiger partial charge in [0.25, 0.3) is 11.8 Å². The predicted octanol–water partition coefficient (Wildman–Crippen LogP) is 9.95. The summed E-state index contributed by atoms with van der Waals surface area (Å²) >= 11 is 6.13. The third-order valence-corrected chi connectivity index (χ3v) is 9.51. The van der Waals surface area contributed by atoms with Gasteiger partial charge in [-0.15, -0.1) is 0 Å². The molecule has 1 aliphatic heterocycles. The summed E-state index contributed by atoms with van der Waals surface area (Å²) in [7, 11) is 0. The first-order valence-corrected chi connectivity index (χ1v) is 18.1. The van der Waals surface area contributed by atoms with Crippen LogP contribution in [-0.4, -0.2) is 39.8 Å². The minimum absolute atomic E-state index is 0.123. The highest BCUT2D eigenvalue weighted by Crippen LogP contribution is 2.32. The number of anilines is 1. The maximum absolute atomic E-state index is 14.8. The lowest BCUT2D eigenvalue weighted by Gasteiger charge is -2.25. The second-order valence-electron chi connectivity index (χ2n) is 13.4. The van der Waals surface area contributed by atoms with Crippen molar-refractivity contribution in [1.82, 2.24) is 14.9 Å². The molecule has 2 heterocycles. The van der Waals surface area contributed by atoms with Crippen molar-refractivity contribution in [3.63, 3.8) is 0 Å². The second kappa shape index (κ2) is 16.6. The molecule has 6 aromatic rings. The maximum atomic E-state index is 14.8. The van der Waals surface area contributed by atoms with Crippen molar-refractivity contribution >= 4 is 23.2 Å². The van der Waals surface area contributed by atoms with Gasteiger partial charge in [0, 0.05) is 43.0 Å². The molecule has 1 fully saturated rings. The highest BCUT2D eigenvalue weighted by Gasteiger charge is 2.37. The zero-order chi connectivity index (χ0) is 37.5. The van der Waals surface area contributed by atoms with Crippen molar-refractivity contribution in [3.8, 4) is 22.8 Å². The van der Waals surface area contributed by atoms with Gasteiger partial charge in [0.2, 0.25) is 5.28 Å². The highest BCUT2D eigenvalue weighted by molar-refractivity contribution is 6.28. The number of likely N-dealkylation sites (tertiary alicyclic amines) is 1. The molecule has 0 bridgehead atoms. The number of benzene rings is 5. The minimum Gasteiger partial charge on any atom is -0.489 e. The van der Waals surface area contributed by atoms with Crippen LogP contribution in [0.2, 0.25) is 5.28 Å². The van der Waals surface area contributed by atoms with E-state index < -0.39 is 5.92 Å². The lowest BCUT2D eigenvalue weighted by atomic mass is 10.1. The summed E-state index contributed by atoms with van der Waals surface area (Å²) in [6.45, 7) is 3.33. The van der Waals surface area contributed by atoms with Crippen LogP contribution in [0.5, 0.6) is 11.5 Å². The molecule has 0 unspecified atom stereocenters. The molecule has 0 saturated carbocycles. The number of halogens is 3. The number of aryl methyl sites for hydroxylation is 1. The van der Waals surface area contributed by atoms with Crippen molar-refractivity contribution in [2.24, 2.45) is 0 Å². The van der Waals surface area contributed by atoms with Crippen LogP contribution in [0.25, 0.3) is 11.3 Å². The van der Waals surface area contributed by atoms with E-state index in [0.29, 0.717) is 48.1 Å². The number of ether oxygens (including phenoxy) is 2. The highest BCUT2D eigenvalue weighted by atomic mass is 35.5. The SMILES string of the molecule is Cc1cnc(Cl)nc1-c1ccc(N(Cc2ccc(CN3CCC(F)(F)C3)cc2)C(=O)c2ccc(OCc3ccccc3)cc2OCc2ccccc2)cc1. The van der Waals surface area contributed by atoms with Gasteiger partial charge in [-0.25, -0.2) is 18.7 Å². The van der Waals surface area contributed by atoms with Crippen LogP contribution in [0.3, 0.4) is 0 Å². The summed E-state index contributed by atoms with van der Waals surface area (Å²) in [5.41, 5.74) is 7.20. The molecular weight excluding hydrogens is 706 g/mol. The Balaban J connectivity index is 1.20. The zero-order valence-electron chi connectivity index (χ0n) is 29.8. The van der Waals surface area contributed by atoms with Gasteiger partial charge in [-0.1, -0.05) is 97.1 Å². The summed E-state index contributed by atoms with van der Waals surface area (Å²) < 4.78 is 40.1. The van der Waals surface area contributed by atoms with E-state index in [-0.39, 0.29) is 37.3 Å². The average molecular weight is 745 g/mol. The van der Waals surface area contributed by atoms with Crippen LogP contribution in [0.1, 0.15) is 44.6 Å². The normalized spacial score (nSPS) is 13.8. The predicted molar refractivity (Wildman–Crippen MR) is 207 cm³/mol. The van der Waals surface area contributed by atoms with E-state index >= 15 is 0 Å². The topological polar surface area (TPSA) is 67.8 Å². The molecule has 1 aliphatic rings. The first-order valence-electron chi connectivity index (χ1n) is 17.8. The van der Waals surface area contributed by atoms with Crippen LogP contribution in [0.15, 0.2) is 134 Å². The molecule has 0 aliphatic carbocycles.